The quantitative estimate of drug-likeness (QED) is 0.453. The Hall–Kier alpha value is -3.61. The predicted molar refractivity (Wildman–Crippen MR) is 101 cm³/mol. The van der Waals surface area contributed by atoms with Gasteiger partial charge in [0.25, 0.3) is 11.7 Å². The molecule has 2 aromatic rings. The van der Waals surface area contributed by atoms with E-state index in [1.165, 1.54) is 12.0 Å². The molecular formula is C21H19NO6. The maximum absolute atomic E-state index is 12.7. The first-order valence-electron chi connectivity index (χ1n) is 8.63. The van der Waals surface area contributed by atoms with E-state index in [9.17, 15) is 19.5 Å². The molecule has 144 valence electrons. The lowest BCUT2D eigenvalue weighted by atomic mass is 9.95. The van der Waals surface area contributed by atoms with Gasteiger partial charge in [0.05, 0.1) is 25.1 Å². The number of likely N-dealkylation sites (tertiary alicyclic amines) is 1. The van der Waals surface area contributed by atoms with Gasteiger partial charge in [-0.05, 0) is 17.7 Å². The van der Waals surface area contributed by atoms with E-state index in [-0.39, 0.29) is 24.3 Å². The minimum absolute atomic E-state index is 0.0632. The number of methoxy groups -OCH3 is 1. The Morgan fingerprint density at radius 3 is 2.25 bits per heavy atom. The Balaban J connectivity index is 2.13. The number of aliphatic hydroxyl groups is 1. The fourth-order valence-corrected chi connectivity index (χ4v) is 3.21. The predicted octanol–water partition coefficient (Wildman–Crippen LogP) is 2.59. The third-order valence-electron chi connectivity index (χ3n) is 4.59. The number of hydrogen-bond donors (Lipinski definition) is 2. The first kappa shape index (κ1) is 19.2. The summed E-state index contributed by atoms with van der Waals surface area (Å²) >= 11 is 0. The lowest BCUT2D eigenvalue weighted by molar-refractivity contribution is -0.142. The Bertz CT molecular complexity index is 933. The second-order valence-electron chi connectivity index (χ2n) is 6.28. The number of amides is 1. The molecule has 1 saturated heterocycles. The number of ketones is 1. The number of rotatable bonds is 6. The van der Waals surface area contributed by atoms with Crippen molar-refractivity contribution in [1.82, 2.24) is 4.90 Å². The number of carbonyl (C=O) groups is 3. The van der Waals surface area contributed by atoms with Gasteiger partial charge >= 0.3 is 5.97 Å². The zero-order chi connectivity index (χ0) is 20.3. The molecular weight excluding hydrogens is 362 g/mol. The molecule has 0 aliphatic carbocycles. The van der Waals surface area contributed by atoms with Crippen molar-refractivity contribution in [2.45, 2.75) is 12.5 Å². The molecule has 1 aliphatic heterocycles. The minimum atomic E-state index is -1.08. The van der Waals surface area contributed by atoms with Gasteiger partial charge in [0.15, 0.2) is 0 Å². The molecule has 1 atom stereocenters. The standard InChI is InChI=1S/C21H19NO6/c1-28-15-9-7-13(8-10-15)18-17(19(25)14-5-3-2-4-6-14)20(26)21(27)22(18)12-11-16(23)24/h2-10,18,25H,11-12H2,1H3,(H,23,24)/b19-17+. The van der Waals surface area contributed by atoms with Crippen LogP contribution in [0.4, 0.5) is 0 Å². The van der Waals surface area contributed by atoms with Crippen LogP contribution >= 0.6 is 0 Å². The molecule has 7 heteroatoms. The molecule has 2 N–H and O–H groups in total. The van der Waals surface area contributed by atoms with Crippen LogP contribution in [0.1, 0.15) is 23.6 Å². The van der Waals surface area contributed by atoms with Crippen molar-refractivity contribution < 1.29 is 29.3 Å². The monoisotopic (exact) mass is 381 g/mol. The summed E-state index contributed by atoms with van der Waals surface area (Å²) in [6.45, 7) is -0.151. The van der Waals surface area contributed by atoms with Gasteiger partial charge in [-0.25, -0.2) is 0 Å². The molecule has 0 spiro atoms. The number of carboxylic acid groups (broad SMARTS) is 1. The van der Waals surface area contributed by atoms with Gasteiger partial charge in [-0.15, -0.1) is 0 Å². The smallest absolute Gasteiger partial charge is 0.305 e. The number of Topliss-reactive ketones (excluding diaryl/α,β-unsaturated/α-hetero) is 1. The van der Waals surface area contributed by atoms with Crippen molar-refractivity contribution in [1.29, 1.82) is 0 Å². The number of aliphatic hydroxyl groups excluding tert-OH is 1. The summed E-state index contributed by atoms with van der Waals surface area (Å²) in [6, 6.07) is 14.3. The maximum atomic E-state index is 12.7. The largest absolute Gasteiger partial charge is 0.507 e. The SMILES string of the molecule is COc1ccc(C2/C(=C(\O)c3ccccc3)C(=O)C(=O)N2CCC(=O)O)cc1. The molecule has 3 rings (SSSR count). The van der Waals surface area contributed by atoms with Crippen molar-refractivity contribution in [3.05, 3.63) is 71.3 Å². The molecule has 7 nitrogen and oxygen atoms in total. The highest BCUT2D eigenvalue weighted by Crippen LogP contribution is 2.39. The Morgan fingerprint density at radius 2 is 1.68 bits per heavy atom. The van der Waals surface area contributed by atoms with Crippen LogP contribution < -0.4 is 4.74 Å². The van der Waals surface area contributed by atoms with Gasteiger partial charge < -0.3 is 19.8 Å². The van der Waals surface area contributed by atoms with E-state index in [0.29, 0.717) is 16.9 Å². The summed E-state index contributed by atoms with van der Waals surface area (Å²) in [5, 5.41) is 19.8. The third kappa shape index (κ3) is 3.59. The van der Waals surface area contributed by atoms with Crippen molar-refractivity contribution in [2.24, 2.45) is 0 Å². The summed E-state index contributed by atoms with van der Waals surface area (Å²) in [5.74, 6) is -2.46. The summed E-state index contributed by atoms with van der Waals surface area (Å²) in [6.07, 6.45) is -0.314. The van der Waals surface area contributed by atoms with Gasteiger partial charge in [-0.1, -0.05) is 42.5 Å². The molecule has 2 aromatic carbocycles. The first-order chi connectivity index (χ1) is 13.4. The number of benzene rings is 2. The fourth-order valence-electron chi connectivity index (χ4n) is 3.21. The zero-order valence-electron chi connectivity index (χ0n) is 15.2. The molecule has 1 aliphatic rings. The maximum Gasteiger partial charge on any atom is 0.305 e. The topological polar surface area (TPSA) is 104 Å². The lowest BCUT2D eigenvalue weighted by Gasteiger charge is -2.24. The number of hydrogen-bond acceptors (Lipinski definition) is 5. The van der Waals surface area contributed by atoms with Crippen molar-refractivity contribution in [2.75, 3.05) is 13.7 Å². The van der Waals surface area contributed by atoms with Gasteiger partial charge in [0.2, 0.25) is 0 Å². The van der Waals surface area contributed by atoms with E-state index in [2.05, 4.69) is 0 Å². The molecule has 0 saturated carbocycles. The molecule has 1 heterocycles. The van der Waals surface area contributed by atoms with Gasteiger partial charge in [-0.2, -0.15) is 0 Å². The second kappa shape index (κ2) is 7.96. The molecule has 1 fully saturated rings. The average Bonchev–Trinajstić information content (AvgIpc) is 2.97. The molecule has 0 radical (unpaired) electrons. The summed E-state index contributed by atoms with van der Waals surface area (Å²) in [5.41, 5.74) is 0.909. The van der Waals surface area contributed by atoms with E-state index in [4.69, 9.17) is 9.84 Å². The van der Waals surface area contributed by atoms with Gasteiger partial charge in [-0.3, -0.25) is 14.4 Å². The van der Waals surface area contributed by atoms with Gasteiger partial charge in [0, 0.05) is 12.1 Å². The highest BCUT2D eigenvalue weighted by Gasteiger charge is 2.46. The van der Waals surface area contributed by atoms with E-state index >= 15 is 0 Å². The fraction of sp³-hybridized carbons (Fsp3) is 0.190. The van der Waals surface area contributed by atoms with Crippen LogP contribution in [0.5, 0.6) is 5.75 Å². The van der Waals surface area contributed by atoms with Crippen LogP contribution in [0.2, 0.25) is 0 Å². The Kier molecular flexibility index (Phi) is 5.44. The summed E-state index contributed by atoms with van der Waals surface area (Å²) in [4.78, 5) is 37.5. The highest BCUT2D eigenvalue weighted by atomic mass is 16.5. The van der Waals surface area contributed by atoms with Crippen LogP contribution in [0.3, 0.4) is 0 Å². The van der Waals surface area contributed by atoms with Crippen LogP contribution in [0.15, 0.2) is 60.2 Å². The average molecular weight is 381 g/mol. The Labute approximate surface area is 161 Å². The van der Waals surface area contributed by atoms with Crippen molar-refractivity contribution in [3.8, 4) is 5.75 Å². The molecule has 1 amide bonds. The number of nitrogens with zero attached hydrogens (tertiary/aromatic N) is 1. The number of ether oxygens (including phenoxy) is 1. The van der Waals surface area contributed by atoms with E-state index in [1.54, 1.807) is 54.6 Å². The summed E-state index contributed by atoms with van der Waals surface area (Å²) in [7, 11) is 1.52. The van der Waals surface area contributed by atoms with Crippen molar-refractivity contribution in [3.63, 3.8) is 0 Å². The highest BCUT2D eigenvalue weighted by molar-refractivity contribution is 6.46. The molecule has 28 heavy (non-hydrogen) atoms. The van der Waals surface area contributed by atoms with Crippen LogP contribution in [0.25, 0.3) is 5.76 Å². The van der Waals surface area contributed by atoms with Crippen molar-refractivity contribution >= 4 is 23.4 Å². The van der Waals surface area contributed by atoms with E-state index in [0.717, 1.165) is 0 Å². The van der Waals surface area contributed by atoms with E-state index in [1.807, 2.05) is 0 Å². The van der Waals surface area contributed by atoms with Crippen LogP contribution in [-0.4, -0.2) is 46.4 Å². The normalized spacial score (nSPS) is 18.3. The molecule has 0 bridgehead atoms. The molecule has 0 aromatic heterocycles. The number of aliphatic carboxylic acids is 1. The first-order valence-corrected chi connectivity index (χ1v) is 8.63. The third-order valence-corrected chi connectivity index (χ3v) is 4.59. The van der Waals surface area contributed by atoms with E-state index < -0.39 is 23.7 Å². The minimum Gasteiger partial charge on any atom is -0.507 e. The van der Waals surface area contributed by atoms with Crippen LogP contribution in [-0.2, 0) is 14.4 Å². The number of carboxylic acids is 1. The number of carbonyl (C=O) groups excluding carboxylic acids is 2. The Morgan fingerprint density at radius 1 is 1.04 bits per heavy atom. The van der Waals surface area contributed by atoms with Gasteiger partial charge in [0.1, 0.15) is 11.5 Å². The zero-order valence-corrected chi connectivity index (χ0v) is 15.2. The second-order valence-corrected chi connectivity index (χ2v) is 6.28. The summed E-state index contributed by atoms with van der Waals surface area (Å²) < 4.78 is 5.14. The lowest BCUT2D eigenvalue weighted by Crippen LogP contribution is -2.31. The van der Waals surface area contributed by atoms with Crippen LogP contribution in [0, 0.1) is 0 Å². The molecule has 1 unspecified atom stereocenters.